The predicted octanol–water partition coefficient (Wildman–Crippen LogP) is 4.00. The summed E-state index contributed by atoms with van der Waals surface area (Å²) >= 11 is 1.33. The normalized spacial score (nSPS) is 12.6. The van der Waals surface area contributed by atoms with Crippen molar-refractivity contribution in [3.8, 4) is 17.6 Å². The fraction of sp³-hybridized carbons (Fsp3) is 0.250. The fourth-order valence-corrected chi connectivity index (χ4v) is 4.76. The number of pyridine rings is 1. The molecule has 1 aliphatic heterocycles. The van der Waals surface area contributed by atoms with E-state index in [-0.39, 0.29) is 24.6 Å². The van der Waals surface area contributed by atoms with Crippen molar-refractivity contribution in [3.05, 3.63) is 54.1 Å². The highest BCUT2D eigenvalue weighted by Crippen LogP contribution is 2.34. The Labute approximate surface area is 194 Å². The number of aryl methyl sites for hydroxylation is 1. The van der Waals surface area contributed by atoms with Crippen LogP contribution in [-0.2, 0) is 4.79 Å². The lowest BCUT2D eigenvalue weighted by molar-refractivity contribution is -0.116. The Morgan fingerprint density at radius 1 is 1.15 bits per heavy atom. The largest absolute Gasteiger partial charge is 0.486 e. The Balaban J connectivity index is 1.41. The number of nitriles is 1. The third kappa shape index (κ3) is 4.05. The summed E-state index contributed by atoms with van der Waals surface area (Å²) in [5.41, 5.74) is 3.54. The maximum Gasteiger partial charge on any atom is 0.237 e. The number of aromatic nitrogens is 3. The third-order valence-electron chi connectivity index (χ3n) is 5.48. The number of carbonyl (C=O) groups is 1. The van der Waals surface area contributed by atoms with Crippen molar-refractivity contribution in [2.45, 2.75) is 18.5 Å². The van der Waals surface area contributed by atoms with Crippen LogP contribution in [0.15, 0.2) is 53.7 Å². The zero-order valence-corrected chi connectivity index (χ0v) is 18.8. The van der Waals surface area contributed by atoms with Crippen LogP contribution in [0.5, 0.6) is 11.5 Å². The monoisotopic (exact) mass is 459 g/mol. The van der Waals surface area contributed by atoms with E-state index in [1.54, 1.807) is 17.0 Å². The first-order valence-corrected chi connectivity index (χ1v) is 11.6. The Morgan fingerprint density at radius 2 is 1.97 bits per heavy atom. The molecule has 0 saturated carbocycles. The summed E-state index contributed by atoms with van der Waals surface area (Å²) in [6, 6.07) is 17.6. The number of hydrogen-bond donors (Lipinski definition) is 0. The standard InChI is InChI=1S/C24H21N5O3S/c1-16-13-22-26-27-24(29(22)19-6-3-2-5-18(16)19)33-15-23(30)28(10-4-9-25)17-7-8-20-21(14-17)32-12-11-31-20/h2-3,5-8,13-14H,4,10-12,15H2,1H3. The molecule has 0 unspecified atom stereocenters. The Hall–Kier alpha value is -3.77. The lowest BCUT2D eigenvalue weighted by Crippen LogP contribution is -2.33. The van der Waals surface area contributed by atoms with Gasteiger partial charge in [0.1, 0.15) is 13.2 Å². The molecule has 2 aromatic heterocycles. The summed E-state index contributed by atoms with van der Waals surface area (Å²) in [6.45, 7) is 3.30. The van der Waals surface area contributed by atoms with E-state index in [1.807, 2.05) is 41.7 Å². The number of rotatable bonds is 6. The topological polar surface area (TPSA) is 92.8 Å². The maximum atomic E-state index is 13.2. The van der Waals surface area contributed by atoms with Crippen molar-refractivity contribution < 1.29 is 14.3 Å². The molecule has 0 bridgehead atoms. The molecule has 5 rings (SSSR count). The lowest BCUT2D eigenvalue weighted by atomic mass is 10.1. The average Bonchev–Trinajstić information content (AvgIpc) is 3.26. The van der Waals surface area contributed by atoms with Gasteiger partial charge in [0.2, 0.25) is 5.91 Å². The van der Waals surface area contributed by atoms with E-state index in [4.69, 9.17) is 14.7 Å². The molecule has 9 heteroatoms. The van der Waals surface area contributed by atoms with E-state index in [9.17, 15) is 4.79 Å². The highest BCUT2D eigenvalue weighted by molar-refractivity contribution is 7.99. The molecule has 3 heterocycles. The molecule has 0 fully saturated rings. The molecular weight excluding hydrogens is 438 g/mol. The van der Waals surface area contributed by atoms with Crippen molar-refractivity contribution in [3.63, 3.8) is 0 Å². The number of hydrogen-bond acceptors (Lipinski definition) is 7. The van der Waals surface area contributed by atoms with Crippen LogP contribution in [0.4, 0.5) is 5.69 Å². The molecule has 8 nitrogen and oxygen atoms in total. The van der Waals surface area contributed by atoms with Gasteiger partial charge in [0, 0.05) is 23.7 Å². The molecule has 0 aliphatic carbocycles. The van der Waals surface area contributed by atoms with Gasteiger partial charge in [-0.25, -0.2) is 0 Å². The molecule has 0 atom stereocenters. The summed E-state index contributed by atoms with van der Waals surface area (Å²) in [5.74, 6) is 1.29. The van der Waals surface area contributed by atoms with Gasteiger partial charge in [-0.05, 0) is 36.8 Å². The van der Waals surface area contributed by atoms with Crippen molar-refractivity contribution in [2.24, 2.45) is 0 Å². The van der Waals surface area contributed by atoms with Crippen LogP contribution >= 0.6 is 11.8 Å². The highest BCUT2D eigenvalue weighted by Gasteiger charge is 2.21. The van der Waals surface area contributed by atoms with Gasteiger partial charge >= 0.3 is 0 Å². The zero-order chi connectivity index (χ0) is 22.8. The number of para-hydroxylation sites is 1. The average molecular weight is 460 g/mol. The van der Waals surface area contributed by atoms with Crippen LogP contribution in [0.1, 0.15) is 12.0 Å². The summed E-state index contributed by atoms with van der Waals surface area (Å²) in [7, 11) is 0. The molecule has 33 heavy (non-hydrogen) atoms. The second-order valence-electron chi connectivity index (χ2n) is 7.59. The van der Waals surface area contributed by atoms with Gasteiger partial charge in [0.05, 0.1) is 23.8 Å². The quantitative estimate of drug-likeness (QED) is 0.402. The first-order chi connectivity index (χ1) is 16.2. The Morgan fingerprint density at radius 3 is 2.82 bits per heavy atom. The fourth-order valence-electron chi connectivity index (χ4n) is 3.93. The van der Waals surface area contributed by atoms with Crippen LogP contribution in [0.3, 0.4) is 0 Å². The summed E-state index contributed by atoms with van der Waals surface area (Å²) in [4.78, 5) is 14.8. The molecular formula is C24H21N5O3S. The smallest absolute Gasteiger partial charge is 0.237 e. The lowest BCUT2D eigenvalue weighted by Gasteiger charge is -2.24. The van der Waals surface area contributed by atoms with E-state index < -0.39 is 0 Å². The molecule has 0 saturated heterocycles. The van der Waals surface area contributed by atoms with Crippen molar-refractivity contribution in [1.82, 2.24) is 14.6 Å². The summed E-state index contributed by atoms with van der Waals surface area (Å²) in [5, 5.41) is 19.5. The van der Waals surface area contributed by atoms with E-state index in [0.29, 0.717) is 35.6 Å². The first kappa shape index (κ1) is 21.1. The number of fused-ring (bicyclic) bond motifs is 4. The van der Waals surface area contributed by atoms with Gasteiger partial charge in [0.15, 0.2) is 22.3 Å². The number of carbonyl (C=O) groups excluding carboxylic acids is 1. The molecule has 166 valence electrons. The first-order valence-electron chi connectivity index (χ1n) is 10.6. The Bertz CT molecular complexity index is 1390. The number of thioether (sulfide) groups is 1. The van der Waals surface area contributed by atoms with Gasteiger partial charge in [-0.15, -0.1) is 10.2 Å². The van der Waals surface area contributed by atoms with Crippen molar-refractivity contribution >= 4 is 39.9 Å². The van der Waals surface area contributed by atoms with Gasteiger partial charge < -0.3 is 14.4 Å². The predicted molar refractivity (Wildman–Crippen MR) is 126 cm³/mol. The highest BCUT2D eigenvalue weighted by atomic mass is 32.2. The minimum absolute atomic E-state index is 0.125. The van der Waals surface area contributed by atoms with E-state index in [1.165, 1.54) is 11.8 Å². The SMILES string of the molecule is Cc1cc2nnc(SCC(=O)N(CCC#N)c3ccc4c(c3)OCCO4)n2c2ccccc12. The van der Waals surface area contributed by atoms with Crippen LogP contribution < -0.4 is 14.4 Å². The molecule has 0 N–H and O–H groups in total. The number of benzene rings is 2. The van der Waals surface area contributed by atoms with Gasteiger partial charge in [-0.3, -0.25) is 9.20 Å². The van der Waals surface area contributed by atoms with Gasteiger partial charge in [-0.1, -0.05) is 30.0 Å². The van der Waals surface area contributed by atoms with Crippen LogP contribution in [-0.4, -0.2) is 46.0 Å². The van der Waals surface area contributed by atoms with Gasteiger partial charge in [-0.2, -0.15) is 5.26 Å². The number of anilines is 1. The van der Waals surface area contributed by atoms with Gasteiger partial charge in [0.25, 0.3) is 0 Å². The molecule has 0 radical (unpaired) electrons. The maximum absolute atomic E-state index is 13.2. The molecule has 0 spiro atoms. The zero-order valence-electron chi connectivity index (χ0n) is 18.0. The Kier molecular flexibility index (Phi) is 5.75. The van der Waals surface area contributed by atoms with Crippen LogP contribution in [0.25, 0.3) is 16.6 Å². The number of ether oxygens (including phenoxy) is 2. The number of amides is 1. The number of nitrogens with zero attached hydrogens (tertiary/aromatic N) is 5. The summed E-state index contributed by atoms with van der Waals surface area (Å²) in [6.07, 6.45) is 0.225. The van der Waals surface area contributed by atoms with Crippen molar-refractivity contribution in [2.75, 3.05) is 30.4 Å². The minimum atomic E-state index is -0.125. The van der Waals surface area contributed by atoms with E-state index in [0.717, 1.165) is 22.1 Å². The van der Waals surface area contributed by atoms with E-state index >= 15 is 0 Å². The minimum Gasteiger partial charge on any atom is -0.486 e. The molecule has 2 aromatic carbocycles. The van der Waals surface area contributed by atoms with Crippen LogP contribution in [0, 0.1) is 18.3 Å². The molecule has 1 amide bonds. The third-order valence-corrected chi connectivity index (χ3v) is 6.40. The summed E-state index contributed by atoms with van der Waals surface area (Å²) < 4.78 is 13.2. The molecule has 4 aromatic rings. The second-order valence-corrected chi connectivity index (χ2v) is 8.53. The second kappa shape index (κ2) is 9.00. The van der Waals surface area contributed by atoms with Crippen LogP contribution in [0.2, 0.25) is 0 Å². The molecule has 1 aliphatic rings. The van der Waals surface area contributed by atoms with E-state index in [2.05, 4.69) is 22.3 Å². The van der Waals surface area contributed by atoms with Crippen molar-refractivity contribution in [1.29, 1.82) is 5.26 Å².